The Labute approximate surface area is 178 Å². The van der Waals surface area contributed by atoms with E-state index in [2.05, 4.69) is 77.1 Å². The third kappa shape index (κ3) is 4.17. The number of hydrogen-bond donors (Lipinski definition) is 2. The second-order valence-electron chi connectivity index (χ2n) is 8.52. The van der Waals surface area contributed by atoms with Crippen molar-refractivity contribution < 1.29 is 4.79 Å². The molecule has 1 amide bonds. The summed E-state index contributed by atoms with van der Waals surface area (Å²) < 4.78 is 2.31. The molecule has 5 nitrogen and oxygen atoms in total. The largest absolute Gasteiger partial charge is 0.351 e. The maximum absolute atomic E-state index is 12.9. The molecule has 0 radical (unpaired) electrons. The maximum atomic E-state index is 12.9. The van der Waals surface area contributed by atoms with Crippen LogP contribution in [0, 0.1) is 5.92 Å². The van der Waals surface area contributed by atoms with Crippen LogP contribution < -0.4 is 10.6 Å². The Balaban J connectivity index is 1.77. The van der Waals surface area contributed by atoms with Crippen LogP contribution in [-0.4, -0.2) is 28.0 Å². The van der Waals surface area contributed by atoms with Crippen molar-refractivity contribution in [3.05, 3.63) is 78.3 Å². The summed E-state index contributed by atoms with van der Waals surface area (Å²) in [4.78, 5) is 17.0. The van der Waals surface area contributed by atoms with Crippen molar-refractivity contribution in [1.29, 1.82) is 0 Å². The first-order valence-electron chi connectivity index (χ1n) is 10.7. The zero-order valence-corrected chi connectivity index (χ0v) is 17.8. The molecule has 30 heavy (non-hydrogen) atoms. The zero-order chi connectivity index (χ0) is 21.1. The molecule has 3 aromatic rings. The van der Waals surface area contributed by atoms with Gasteiger partial charge in [0, 0.05) is 48.6 Å². The number of pyridine rings is 1. The van der Waals surface area contributed by atoms with Crippen molar-refractivity contribution >= 4 is 16.8 Å². The number of carbonyl (C=O) groups is 1. The first kappa shape index (κ1) is 20.4. The molecule has 1 aromatic carbocycles. The third-order valence-corrected chi connectivity index (χ3v) is 5.77. The summed E-state index contributed by atoms with van der Waals surface area (Å²) in [6.07, 6.45) is 9.27. The lowest BCUT2D eigenvalue weighted by atomic mass is 9.94. The summed E-state index contributed by atoms with van der Waals surface area (Å²) in [5.74, 6) is 0.557. The summed E-state index contributed by atoms with van der Waals surface area (Å²) >= 11 is 0. The molecule has 0 fully saturated rings. The summed E-state index contributed by atoms with van der Waals surface area (Å²) in [7, 11) is 0. The molecule has 0 saturated heterocycles. The molecule has 0 unspecified atom stereocenters. The lowest BCUT2D eigenvalue weighted by Crippen LogP contribution is -2.46. The second kappa shape index (κ2) is 8.84. The van der Waals surface area contributed by atoms with E-state index < -0.39 is 0 Å². The summed E-state index contributed by atoms with van der Waals surface area (Å²) in [6.45, 7) is 9.45. The lowest BCUT2D eigenvalue weighted by molar-refractivity contribution is -0.123. The fourth-order valence-corrected chi connectivity index (χ4v) is 4.47. The van der Waals surface area contributed by atoms with Crippen molar-refractivity contribution in [2.24, 2.45) is 5.92 Å². The highest BCUT2D eigenvalue weighted by molar-refractivity contribution is 5.90. The number of benzene rings is 1. The lowest BCUT2D eigenvalue weighted by Gasteiger charge is -2.25. The molecule has 1 aliphatic heterocycles. The number of amides is 1. The van der Waals surface area contributed by atoms with E-state index in [0.717, 1.165) is 13.0 Å². The molecule has 5 heteroatoms. The van der Waals surface area contributed by atoms with Crippen LogP contribution in [0.2, 0.25) is 0 Å². The van der Waals surface area contributed by atoms with Gasteiger partial charge in [-0.05, 0) is 53.6 Å². The summed E-state index contributed by atoms with van der Waals surface area (Å²) in [6, 6.07) is 10.5. The Hall–Kier alpha value is -2.92. The van der Waals surface area contributed by atoms with E-state index in [0.29, 0.717) is 18.9 Å². The van der Waals surface area contributed by atoms with Crippen LogP contribution in [0.3, 0.4) is 0 Å². The smallest absolute Gasteiger partial charge is 0.237 e. The molecule has 2 N–H and O–H groups in total. The molecule has 0 aliphatic carbocycles. The Morgan fingerprint density at radius 3 is 2.87 bits per heavy atom. The monoisotopic (exact) mass is 402 g/mol. The quantitative estimate of drug-likeness (QED) is 0.588. The highest BCUT2D eigenvalue weighted by Crippen LogP contribution is 2.36. The van der Waals surface area contributed by atoms with Crippen molar-refractivity contribution in [3.8, 4) is 0 Å². The molecule has 156 valence electrons. The van der Waals surface area contributed by atoms with Gasteiger partial charge in [-0.15, -0.1) is 6.58 Å². The molecule has 2 aromatic heterocycles. The van der Waals surface area contributed by atoms with E-state index >= 15 is 0 Å². The summed E-state index contributed by atoms with van der Waals surface area (Å²) in [5.41, 5.74) is 4.96. The van der Waals surface area contributed by atoms with Crippen LogP contribution >= 0.6 is 0 Å². The van der Waals surface area contributed by atoms with Crippen molar-refractivity contribution in [2.45, 2.75) is 45.3 Å². The van der Waals surface area contributed by atoms with Crippen LogP contribution in [0.4, 0.5) is 0 Å². The minimum atomic E-state index is -0.263. The Morgan fingerprint density at radius 1 is 1.33 bits per heavy atom. The predicted octanol–water partition coefficient (Wildman–Crippen LogP) is 3.99. The van der Waals surface area contributed by atoms with Gasteiger partial charge in [-0.1, -0.05) is 32.1 Å². The van der Waals surface area contributed by atoms with E-state index in [1.165, 1.54) is 27.6 Å². The average Bonchev–Trinajstić information content (AvgIpc) is 3.00. The van der Waals surface area contributed by atoms with Gasteiger partial charge in [0.25, 0.3) is 0 Å². The minimum Gasteiger partial charge on any atom is -0.351 e. The number of rotatable bonds is 7. The van der Waals surface area contributed by atoms with E-state index in [1.807, 2.05) is 12.4 Å². The van der Waals surface area contributed by atoms with Gasteiger partial charge in [-0.2, -0.15) is 0 Å². The number of nitrogens with zero attached hydrogens (tertiary/aromatic N) is 2. The fourth-order valence-electron chi connectivity index (χ4n) is 4.47. The van der Waals surface area contributed by atoms with Crippen molar-refractivity contribution in [2.75, 3.05) is 6.54 Å². The van der Waals surface area contributed by atoms with Gasteiger partial charge in [0.15, 0.2) is 0 Å². The van der Waals surface area contributed by atoms with Crippen molar-refractivity contribution in [1.82, 2.24) is 20.2 Å². The number of hydrogen-bond acceptors (Lipinski definition) is 3. The first-order valence-corrected chi connectivity index (χ1v) is 10.7. The molecule has 0 spiro atoms. The highest BCUT2D eigenvalue weighted by Gasteiger charge is 2.30. The first-order chi connectivity index (χ1) is 14.6. The number of aromatic nitrogens is 2. The molecular formula is C25H30N4O. The van der Waals surface area contributed by atoms with Gasteiger partial charge in [0.2, 0.25) is 5.91 Å². The van der Waals surface area contributed by atoms with Gasteiger partial charge in [0.1, 0.15) is 0 Å². The van der Waals surface area contributed by atoms with E-state index in [9.17, 15) is 4.79 Å². The SMILES string of the molecule is C=CCNC(=O)[C@@H]1Cc2cn(Cc3ccncc3)c3cccc(c23)[C@H](CC(C)C)N1. The van der Waals surface area contributed by atoms with Gasteiger partial charge in [-0.25, -0.2) is 0 Å². The van der Waals surface area contributed by atoms with Crippen molar-refractivity contribution in [3.63, 3.8) is 0 Å². The summed E-state index contributed by atoms with van der Waals surface area (Å²) in [5, 5.41) is 7.93. The van der Waals surface area contributed by atoms with Crippen LogP contribution in [0.25, 0.3) is 10.9 Å². The second-order valence-corrected chi connectivity index (χ2v) is 8.52. The van der Waals surface area contributed by atoms with E-state index in [-0.39, 0.29) is 18.0 Å². The molecule has 4 rings (SSSR count). The Morgan fingerprint density at radius 2 is 2.13 bits per heavy atom. The molecule has 3 heterocycles. The van der Waals surface area contributed by atoms with E-state index in [4.69, 9.17) is 0 Å². The minimum absolute atomic E-state index is 0.0338. The normalized spacial score (nSPS) is 18.4. The zero-order valence-electron chi connectivity index (χ0n) is 17.8. The number of nitrogens with one attached hydrogen (secondary N) is 2. The van der Waals surface area contributed by atoms with E-state index in [1.54, 1.807) is 6.08 Å². The molecule has 0 bridgehead atoms. The van der Waals surface area contributed by atoms with Crippen LogP contribution in [0.5, 0.6) is 0 Å². The Kier molecular flexibility index (Phi) is 6.00. The van der Waals surface area contributed by atoms with Gasteiger partial charge in [0.05, 0.1) is 6.04 Å². The highest BCUT2D eigenvalue weighted by atomic mass is 16.2. The molecular weight excluding hydrogens is 372 g/mol. The topological polar surface area (TPSA) is 59.0 Å². The van der Waals surface area contributed by atoms with Crippen LogP contribution in [0.15, 0.2) is 61.6 Å². The van der Waals surface area contributed by atoms with Gasteiger partial charge in [-0.3, -0.25) is 15.1 Å². The fraction of sp³-hybridized carbons (Fsp3) is 0.360. The van der Waals surface area contributed by atoms with Crippen LogP contribution in [-0.2, 0) is 17.8 Å². The molecule has 0 saturated carbocycles. The Bertz CT molecular complexity index is 1040. The van der Waals surface area contributed by atoms with Gasteiger partial charge < -0.3 is 9.88 Å². The number of carbonyl (C=O) groups excluding carboxylic acids is 1. The van der Waals surface area contributed by atoms with Gasteiger partial charge >= 0.3 is 0 Å². The average molecular weight is 403 g/mol. The standard InChI is InChI=1S/C25H30N4O/c1-4-10-27-25(30)22-14-19-16-29(15-18-8-11-26-12-9-18)23-7-5-6-20(24(19)23)21(28-22)13-17(2)3/h4-9,11-12,16-17,21-22,28H,1,10,13-15H2,2-3H3,(H,27,30)/t21-,22-/m0/s1. The molecule has 2 atom stereocenters. The molecule has 1 aliphatic rings. The van der Waals surface area contributed by atoms with Crippen LogP contribution in [0.1, 0.15) is 43.0 Å². The predicted molar refractivity (Wildman–Crippen MR) is 121 cm³/mol. The maximum Gasteiger partial charge on any atom is 0.237 e. The third-order valence-electron chi connectivity index (χ3n) is 5.77.